The number of hydrogen-bond donors (Lipinski definition) is 1. The lowest BCUT2D eigenvalue weighted by molar-refractivity contribution is 0.202. The summed E-state index contributed by atoms with van der Waals surface area (Å²) in [6, 6.07) is 3.55. The summed E-state index contributed by atoms with van der Waals surface area (Å²) < 4.78 is 16.9. The lowest BCUT2D eigenvalue weighted by Crippen LogP contribution is -2.23. The van der Waals surface area contributed by atoms with Gasteiger partial charge in [0.25, 0.3) is 0 Å². The first-order valence-corrected chi connectivity index (χ1v) is 7.57. The lowest BCUT2D eigenvalue weighted by atomic mass is 9.91. The Morgan fingerprint density at radius 1 is 1.33 bits per heavy atom. The molecule has 1 amide bonds. The van der Waals surface area contributed by atoms with Crippen molar-refractivity contribution in [1.29, 1.82) is 0 Å². The minimum Gasteiger partial charge on any atom is -0.612 e. The number of amides is 1. The van der Waals surface area contributed by atoms with Crippen molar-refractivity contribution >= 4 is 17.3 Å². The molecule has 1 aromatic carbocycles. The highest BCUT2D eigenvalue weighted by Crippen LogP contribution is 2.34. The number of ether oxygens (including phenoxy) is 1. The van der Waals surface area contributed by atoms with Crippen molar-refractivity contribution in [3.63, 3.8) is 0 Å². The van der Waals surface area contributed by atoms with Gasteiger partial charge in [-0.15, -0.1) is 0 Å². The summed E-state index contributed by atoms with van der Waals surface area (Å²) in [5.74, 6) is 0.596. The van der Waals surface area contributed by atoms with E-state index in [4.69, 9.17) is 4.74 Å². The smallest absolute Gasteiger partial charge is 0.412 e. The molecule has 0 saturated carbocycles. The topological polar surface area (TPSA) is 61.4 Å². The van der Waals surface area contributed by atoms with Gasteiger partial charge in [0.1, 0.15) is 12.0 Å². The first-order valence-electron chi connectivity index (χ1n) is 6.01. The van der Waals surface area contributed by atoms with Crippen molar-refractivity contribution in [1.82, 2.24) is 5.32 Å². The van der Waals surface area contributed by atoms with E-state index in [9.17, 15) is 9.35 Å². The number of carbonyl (C=O) groups excluding carboxylic acids is 1. The van der Waals surface area contributed by atoms with Crippen LogP contribution in [0.1, 0.15) is 24.0 Å². The van der Waals surface area contributed by atoms with Gasteiger partial charge in [0.2, 0.25) is 0 Å². The molecule has 0 aliphatic heterocycles. The molecule has 1 aliphatic carbocycles. The van der Waals surface area contributed by atoms with Crippen LogP contribution in [0.4, 0.5) is 4.79 Å². The van der Waals surface area contributed by atoms with Crippen molar-refractivity contribution in [2.75, 3.05) is 13.3 Å². The first-order chi connectivity index (χ1) is 8.63. The Morgan fingerprint density at radius 2 is 2.00 bits per heavy atom. The van der Waals surface area contributed by atoms with Crippen molar-refractivity contribution in [3.05, 3.63) is 23.3 Å². The maximum absolute atomic E-state index is 11.7. The fraction of sp³-hybridized carbons (Fsp3) is 0.462. The molecule has 1 aliphatic rings. The molecule has 0 bridgehead atoms. The maximum atomic E-state index is 11.7. The van der Waals surface area contributed by atoms with Crippen molar-refractivity contribution in [2.24, 2.45) is 0 Å². The molecule has 1 atom stereocenters. The predicted molar refractivity (Wildman–Crippen MR) is 70.5 cm³/mol. The van der Waals surface area contributed by atoms with Crippen LogP contribution in [0, 0.1) is 0 Å². The van der Waals surface area contributed by atoms with E-state index in [1.165, 1.54) is 7.05 Å². The largest absolute Gasteiger partial charge is 0.612 e. The number of carbonyl (C=O) groups is 1. The molecule has 4 nitrogen and oxygen atoms in total. The van der Waals surface area contributed by atoms with Crippen LogP contribution in [-0.4, -0.2) is 23.9 Å². The maximum Gasteiger partial charge on any atom is 0.412 e. The standard InChI is InChI=1S/C13H17NO3S/c1-14-13(15)17-11-7-8-12(18(2)16)10-6-4-3-5-9(10)11/h7-8H,3-6H2,1-2H3,(H,14,15). The second kappa shape index (κ2) is 5.63. The molecule has 2 rings (SSSR count). The Bertz CT molecular complexity index is 460. The highest BCUT2D eigenvalue weighted by atomic mass is 32.2. The third-order valence-electron chi connectivity index (χ3n) is 3.17. The summed E-state index contributed by atoms with van der Waals surface area (Å²) >= 11 is -0.997. The van der Waals surface area contributed by atoms with Crippen LogP contribution in [0.15, 0.2) is 17.0 Å². The van der Waals surface area contributed by atoms with Crippen LogP contribution in [0.5, 0.6) is 5.75 Å². The molecule has 0 radical (unpaired) electrons. The van der Waals surface area contributed by atoms with Crippen LogP contribution in [0.25, 0.3) is 0 Å². The Balaban J connectivity index is 2.40. The second-order valence-corrected chi connectivity index (χ2v) is 5.67. The summed E-state index contributed by atoms with van der Waals surface area (Å²) in [4.78, 5) is 12.2. The molecule has 1 aromatic rings. The quantitative estimate of drug-likeness (QED) is 0.834. The van der Waals surface area contributed by atoms with Crippen LogP contribution in [0.3, 0.4) is 0 Å². The zero-order valence-corrected chi connectivity index (χ0v) is 11.4. The van der Waals surface area contributed by atoms with Crippen molar-refractivity contribution in [2.45, 2.75) is 30.6 Å². The molecule has 0 spiro atoms. The van der Waals surface area contributed by atoms with Gasteiger partial charge in [-0.2, -0.15) is 0 Å². The van der Waals surface area contributed by atoms with Gasteiger partial charge in [0.15, 0.2) is 4.90 Å². The molecule has 0 fully saturated rings. The first kappa shape index (κ1) is 13.2. The van der Waals surface area contributed by atoms with E-state index in [0.717, 1.165) is 41.7 Å². The molecule has 0 saturated heterocycles. The van der Waals surface area contributed by atoms with Gasteiger partial charge >= 0.3 is 6.09 Å². The normalized spacial score (nSPS) is 15.7. The highest BCUT2D eigenvalue weighted by molar-refractivity contribution is 7.90. The molecule has 1 N–H and O–H groups in total. The summed E-state index contributed by atoms with van der Waals surface area (Å²) in [6.45, 7) is 0. The average molecular weight is 267 g/mol. The number of hydrogen-bond acceptors (Lipinski definition) is 3. The molecule has 18 heavy (non-hydrogen) atoms. The van der Waals surface area contributed by atoms with Crippen molar-refractivity contribution < 1.29 is 14.1 Å². The van der Waals surface area contributed by atoms with Crippen LogP contribution in [0.2, 0.25) is 0 Å². The van der Waals surface area contributed by atoms with E-state index in [2.05, 4.69) is 5.32 Å². The molecule has 1 unspecified atom stereocenters. The summed E-state index contributed by atoms with van der Waals surface area (Å²) in [7, 11) is 1.53. The third kappa shape index (κ3) is 2.62. The SMILES string of the molecule is CNC(=O)Oc1ccc([S+](C)[O-])c2c1CCCC2. The Morgan fingerprint density at radius 3 is 2.61 bits per heavy atom. The monoisotopic (exact) mass is 267 g/mol. The molecule has 0 heterocycles. The molecule has 98 valence electrons. The number of fused-ring (bicyclic) bond motifs is 1. The number of rotatable bonds is 2. The van der Waals surface area contributed by atoms with Gasteiger partial charge < -0.3 is 14.6 Å². The van der Waals surface area contributed by atoms with E-state index in [-0.39, 0.29) is 0 Å². The van der Waals surface area contributed by atoms with Crippen LogP contribution >= 0.6 is 0 Å². The van der Waals surface area contributed by atoms with Gasteiger partial charge in [0, 0.05) is 18.2 Å². The zero-order valence-electron chi connectivity index (χ0n) is 10.6. The van der Waals surface area contributed by atoms with Gasteiger partial charge in [-0.05, 0) is 49.0 Å². The van der Waals surface area contributed by atoms with Crippen molar-refractivity contribution in [3.8, 4) is 5.75 Å². The van der Waals surface area contributed by atoms with Gasteiger partial charge in [-0.25, -0.2) is 4.79 Å². The number of benzene rings is 1. The minimum atomic E-state index is -0.997. The third-order valence-corrected chi connectivity index (χ3v) is 4.17. The van der Waals surface area contributed by atoms with E-state index < -0.39 is 17.3 Å². The minimum absolute atomic E-state index is 0.465. The second-order valence-electron chi connectivity index (χ2n) is 4.32. The summed E-state index contributed by atoms with van der Waals surface area (Å²) in [5.41, 5.74) is 2.14. The van der Waals surface area contributed by atoms with E-state index in [1.54, 1.807) is 18.4 Å². The lowest BCUT2D eigenvalue weighted by Gasteiger charge is -2.21. The Kier molecular flexibility index (Phi) is 4.14. The van der Waals surface area contributed by atoms with Crippen LogP contribution < -0.4 is 10.1 Å². The summed E-state index contributed by atoms with van der Waals surface area (Å²) in [5, 5.41) is 2.44. The van der Waals surface area contributed by atoms with E-state index in [1.807, 2.05) is 0 Å². The van der Waals surface area contributed by atoms with Gasteiger partial charge in [0.05, 0.1) is 0 Å². The van der Waals surface area contributed by atoms with Gasteiger partial charge in [-0.3, -0.25) is 0 Å². The fourth-order valence-corrected chi connectivity index (χ4v) is 3.15. The molecule has 5 heteroatoms. The van der Waals surface area contributed by atoms with Gasteiger partial charge in [-0.1, -0.05) is 0 Å². The van der Waals surface area contributed by atoms with E-state index in [0.29, 0.717) is 5.75 Å². The van der Waals surface area contributed by atoms with Crippen LogP contribution in [-0.2, 0) is 24.0 Å². The number of nitrogens with one attached hydrogen (secondary N) is 1. The molecule has 0 aromatic heterocycles. The highest BCUT2D eigenvalue weighted by Gasteiger charge is 2.23. The van der Waals surface area contributed by atoms with E-state index >= 15 is 0 Å². The summed E-state index contributed by atoms with van der Waals surface area (Å²) in [6.07, 6.45) is 5.19. The Hall–Kier alpha value is -1.20. The fourth-order valence-electron chi connectivity index (χ4n) is 2.32. The molecular formula is C13H17NO3S. The average Bonchev–Trinajstić information content (AvgIpc) is 2.38. The predicted octanol–water partition coefficient (Wildman–Crippen LogP) is 2.02. The Labute approximate surface area is 110 Å². The molecular weight excluding hydrogens is 250 g/mol. The zero-order chi connectivity index (χ0) is 13.1.